The summed E-state index contributed by atoms with van der Waals surface area (Å²) in [7, 11) is -3.79. The predicted molar refractivity (Wildman–Crippen MR) is 88.0 cm³/mol. The second kappa shape index (κ2) is 6.57. The molecule has 23 heavy (non-hydrogen) atoms. The molecule has 1 aliphatic heterocycles. The average Bonchev–Trinajstić information content (AvgIpc) is 2.55. The molecule has 0 amide bonds. The largest absolute Gasteiger partial charge is 0.486 e. The number of hydrogen-bond acceptors (Lipinski definition) is 4. The van der Waals surface area contributed by atoms with Crippen molar-refractivity contribution in [3.05, 3.63) is 52.5 Å². The van der Waals surface area contributed by atoms with E-state index in [-0.39, 0.29) is 23.1 Å². The molecule has 8 heteroatoms. The maximum Gasteiger partial charge on any atom is 0.242 e. The number of ether oxygens (including phenoxy) is 2. The van der Waals surface area contributed by atoms with Crippen LogP contribution >= 0.6 is 23.2 Å². The molecule has 0 aliphatic carbocycles. The zero-order valence-electron chi connectivity index (χ0n) is 11.8. The molecule has 0 saturated heterocycles. The molecule has 1 N–H and O–H groups in total. The van der Waals surface area contributed by atoms with Crippen LogP contribution in [0.15, 0.2) is 47.4 Å². The fourth-order valence-corrected chi connectivity index (χ4v) is 3.95. The third-order valence-electron chi connectivity index (χ3n) is 3.25. The summed E-state index contributed by atoms with van der Waals surface area (Å²) in [4.78, 5) is -0.0659. The van der Waals surface area contributed by atoms with Gasteiger partial charge in [0.1, 0.15) is 17.6 Å². The topological polar surface area (TPSA) is 64.6 Å². The number of hydrogen-bond donors (Lipinski definition) is 1. The molecule has 5 nitrogen and oxygen atoms in total. The molecule has 3 rings (SSSR count). The van der Waals surface area contributed by atoms with Gasteiger partial charge in [0.05, 0.1) is 11.6 Å². The van der Waals surface area contributed by atoms with Crippen LogP contribution in [0, 0.1) is 0 Å². The third kappa shape index (κ3) is 3.72. The maximum absolute atomic E-state index is 12.3. The standard InChI is InChI=1S/C15H13Cl2NO4S/c16-10-5-6-12(17)15(7-10)23(19,20)18-8-11-9-21-13-3-1-2-4-14(13)22-11/h1-7,11,18H,8-9H2/t11-/m0/s1. The van der Waals surface area contributed by atoms with Crippen molar-refractivity contribution in [3.63, 3.8) is 0 Å². The van der Waals surface area contributed by atoms with Crippen LogP contribution in [0.1, 0.15) is 0 Å². The lowest BCUT2D eigenvalue weighted by Gasteiger charge is -2.26. The molecular weight excluding hydrogens is 361 g/mol. The Morgan fingerprint density at radius 3 is 2.65 bits per heavy atom. The van der Waals surface area contributed by atoms with Crippen molar-refractivity contribution in [1.29, 1.82) is 0 Å². The molecule has 122 valence electrons. The van der Waals surface area contributed by atoms with Gasteiger partial charge in [-0.1, -0.05) is 35.3 Å². The minimum absolute atomic E-state index is 0.0551. The monoisotopic (exact) mass is 373 g/mol. The second-order valence-corrected chi connectivity index (χ2v) is 7.50. The molecule has 0 radical (unpaired) electrons. The Morgan fingerprint density at radius 2 is 1.87 bits per heavy atom. The van der Waals surface area contributed by atoms with Crippen LogP contribution in [0.4, 0.5) is 0 Å². The van der Waals surface area contributed by atoms with Crippen molar-refractivity contribution in [3.8, 4) is 11.5 Å². The summed E-state index contributed by atoms with van der Waals surface area (Å²) in [5.74, 6) is 1.23. The Kier molecular flexibility index (Phi) is 4.68. The minimum Gasteiger partial charge on any atom is -0.486 e. The van der Waals surface area contributed by atoms with Gasteiger partial charge in [-0.25, -0.2) is 13.1 Å². The zero-order valence-corrected chi connectivity index (χ0v) is 14.2. The van der Waals surface area contributed by atoms with Crippen LogP contribution in [0.25, 0.3) is 0 Å². The molecule has 2 aromatic carbocycles. The van der Waals surface area contributed by atoms with E-state index in [9.17, 15) is 8.42 Å². The number of rotatable bonds is 4. The summed E-state index contributed by atoms with van der Waals surface area (Å²) in [6, 6.07) is 11.5. The first kappa shape index (κ1) is 16.4. The van der Waals surface area contributed by atoms with E-state index in [1.807, 2.05) is 12.1 Å². The highest BCUT2D eigenvalue weighted by Gasteiger charge is 2.24. The number of halogens is 2. The van der Waals surface area contributed by atoms with Crippen LogP contribution in [0.2, 0.25) is 10.0 Å². The Bertz CT molecular complexity index is 826. The first-order valence-electron chi connectivity index (χ1n) is 6.79. The molecule has 1 atom stereocenters. The van der Waals surface area contributed by atoms with Crippen LogP contribution in [0.5, 0.6) is 11.5 Å². The number of fused-ring (bicyclic) bond motifs is 1. The lowest BCUT2D eigenvalue weighted by atomic mass is 10.2. The Morgan fingerprint density at radius 1 is 1.13 bits per heavy atom. The van der Waals surface area contributed by atoms with Gasteiger partial charge in [-0.3, -0.25) is 0 Å². The quantitative estimate of drug-likeness (QED) is 0.893. The van der Waals surface area contributed by atoms with Gasteiger partial charge in [-0.2, -0.15) is 0 Å². The molecule has 1 aliphatic rings. The van der Waals surface area contributed by atoms with E-state index in [4.69, 9.17) is 32.7 Å². The summed E-state index contributed by atoms with van der Waals surface area (Å²) in [5, 5.41) is 0.397. The molecule has 0 bridgehead atoms. The first-order chi connectivity index (χ1) is 11.0. The lowest BCUT2D eigenvalue weighted by molar-refractivity contribution is 0.0943. The van der Waals surface area contributed by atoms with Gasteiger partial charge in [-0.15, -0.1) is 0 Å². The summed E-state index contributed by atoms with van der Waals surface area (Å²) >= 11 is 11.8. The molecule has 0 unspecified atom stereocenters. The molecule has 2 aromatic rings. The van der Waals surface area contributed by atoms with Gasteiger partial charge in [-0.05, 0) is 30.3 Å². The molecule has 0 fully saturated rings. The van der Waals surface area contributed by atoms with Crippen LogP contribution in [0.3, 0.4) is 0 Å². The lowest BCUT2D eigenvalue weighted by Crippen LogP contribution is -2.40. The summed E-state index contributed by atoms with van der Waals surface area (Å²) in [5.41, 5.74) is 0. The maximum atomic E-state index is 12.3. The van der Waals surface area contributed by atoms with E-state index in [1.54, 1.807) is 12.1 Å². The highest BCUT2D eigenvalue weighted by Crippen LogP contribution is 2.31. The van der Waals surface area contributed by atoms with Gasteiger partial charge in [0.25, 0.3) is 0 Å². The number of sulfonamides is 1. The first-order valence-corrected chi connectivity index (χ1v) is 9.03. The van der Waals surface area contributed by atoms with E-state index < -0.39 is 16.1 Å². The Labute approximate surface area is 144 Å². The normalized spacial score (nSPS) is 17.0. The average molecular weight is 374 g/mol. The summed E-state index contributed by atoms with van der Waals surface area (Å²) < 4.78 is 38.4. The zero-order chi connectivity index (χ0) is 16.4. The van der Waals surface area contributed by atoms with Gasteiger partial charge in [0.15, 0.2) is 11.5 Å². The summed E-state index contributed by atoms with van der Waals surface area (Å²) in [6.07, 6.45) is -0.433. The number of para-hydroxylation sites is 2. The van der Waals surface area contributed by atoms with E-state index in [2.05, 4.69) is 4.72 Å². The van der Waals surface area contributed by atoms with Gasteiger partial charge < -0.3 is 9.47 Å². The number of benzene rings is 2. The highest BCUT2D eigenvalue weighted by molar-refractivity contribution is 7.89. The van der Waals surface area contributed by atoms with Gasteiger partial charge >= 0.3 is 0 Å². The van der Waals surface area contributed by atoms with Gasteiger partial charge in [0.2, 0.25) is 10.0 Å². The Balaban J connectivity index is 1.70. The smallest absolute Gasteiger partial charge is 0.242 e. The van der Waals surface area contributed by atoms with Crippen LogP contribution < -0.4 is 14.2 Å². The predicted octanol–water partition coefficient (Wildman–Crippen LogP) is 3.11. The fourth-order valence-electron chi connectivity index (χ4n) is 2.13. The number of nitrogens with one attached hydrogen (secondary N) is 1. The second-order valence-electron chi connectivity index (χ2n) is 4.92. The minimum atomic E-state index is -3.79. The van der Waals surface area contributed by atoms with Crippen molar-refractivity contribution in [2.75, 3.05) is 13.2 Å². The summed E-state index contributed by atoms with van der Waals surface area (Å²) in [6.45, 7) is 0.308. The van der Waals surface area contributed by atoms with Crippen molar-refractivity contribution in [2.45, 2.75) is 11.0 Å². The van der Waals surface area contributed by atoms with Crippen molar-refractivity contribution >= 4 is 33.2 Å². The molecule has 0 spiro atoms. The van der Waals surface area contributed by atoms with Crippen molar-refractivity contribution in [2.24, 2.45) is 0 Å². The Hall–Kier alpha value is -1.47. The van der Waals surface area contributed by atoms with E-state index in [1.165, 1.54) is 18.2 Å². The molecule has 1 heterocycles. The van der Waals surface area contributed by atoms with Crippen molar-refractivity contribution < 1.29 is 17.9 Å². The van der Waals surface area contributed by atoms with E-state index >= 15 is 0 Å². The molecule has 0 saturated carbocycles. The van der Waals surface area contributed by atoms with E-state index in [0.29, 0.717) is 16.5 Å². The molecule has 0 aromatic heterocycles. The van der Waals surface area contributed by atoms with Crippen LogP contribution in [-0.4, -0.2) is 27.7 Å². The highest BCUT2D eigenvalue weighted by atomic mass is 35.5. The molecular formula is C15H13Cl2NO4S. The SMILES string of the molecule is O=S(=O)(NC[C@H]1COc2ccccc2O1)c1cc(Cl)ccc1Cl. The van der Waals surface area contributed by atoms with Gasteiger partial charge in [0, 0.05) is 5.02 Å². The van der Waals surface area contributed by atoms with Crippen LogP contribution in [-0.2, 0) is 10.0 Å². The third-order valence-corrected chi connectivity index (χ3v) is 5.39. The van der Waals surface area contributed by atoms with Crippen molar-refractivity contribution in [1.82, 2.24) is 4.72 Å². The fraction of sp³-hybridized carbons (Fsp3) is 0.200. The van der Waals surface area contributed by atoms with E-state index in [0.717, 1.165) is 0 Å².